The summed E-state index contributed by atoms with van der Waals surface area (Å²) < 4.78 is 15.6. The molecule has 2 aromatic carbocycles. The molecule has 31 heavy (non-hydrogen) atoms. The molecule has 0 aliphatic carbocycles. The molecule has 4 nitrogen and oxygen atoms in total. The maximum atomic E-state index is 13.4. The van der Waals surface area contributed by atoms with Gasteiger partial charge in [-0.1, -0.05) is 11.6 Å². The van der Waals surface area contributed by atoms with Gasteiger partial charge in [0.15, 0.2) is 5.11 Å². The molecule has 0 radical (unpaired) electrons. The van der Waals surface area contributed by atoms with E-state index in [2.05, 4.69) is 38.0 Å². The highest BCUT2D eigenvalue weighted by molar-refractivity contribution is 7.80. The molecule has 7 heteroatoms. The SMILES string of the molecule is Fc1ccc(-n2cc(C3CCN(CCN4CCNC4=S)CC3)c3cc(Cl)ccc32)cc1. The molecule has 2 aliphatic heterocycles. The number of thiocarbonyl (C=S) groups is 1. The van der Waals surface area contributed by atoms with E-state index >= 15 is 0 Å². The first-order valence-electron chi connectivity index (χ1n) is 10.9. The lowest BCUT2D eigenvalue weighted by Gasteiger charge is -2.33. The number of benzene rings is 2. The van der Waals surface area contributed by atoms with Gasteiger partial charge in [0.1, 0.15) is 5.82 Å². The zero-order valence-electron chi connectivity index (χ0n) is 17.4. The number of likely N-dealkylation sites (tertiary alicyclic amines) is 1. The standard InChI is InChI=1S/C24H26ClFN4S/c25-18-1-6-23-21(15-18)22(16-30(23)20-4-2-19(26)3-5-20)17-7-10-28(11-8-17)13-14-29-12-9-27-24(29)31/h1-6,15-17H,7-14H2,(H,27,31). The van der Waals surface area contributed by atoms with Gasteiger partial charge in [-0.2, -0.15) is 0 Å². The zero-order chi connectivity index (χ0) is 21.4. The summed E-state index contributed by atoms with van der Waals surface area (Å²) in [7, 11) is 0. The Kier molecular flexibility index (Phi) is 5.87. The fourth-order valence-electron chi connectivity index (χ4n) is 4.82. The van der Waals surface area contributed by atoms with Crippen LogP contribution in [0.1, 0.15) is 24.3 Å². The van der Waals surface area contributed by atoms with Gasteiger partial charge >= 0.3 is 0 Å². The molecule has 2 saturated heterocycles. The highest BCUT2D eigenvalue weighted by Gasteiger charge is 2.25. The molecule has 2 fully saturated rings. The summed E-state index contributed by atoms with van der Waals surface area (Å²) in [5, 5.41) is 6.07. The second kappa shape index (κ2) is 8.77. The molecule has 0 saturated carbocycles. The van der Waals surface area contributed by atoms with Crippen LogP contribution >= 0.6 is 23.8 Å². The smallest absolute Gasteiger partial charge is 0.169 e. The quantitative estimate of drug-likeness (QED) is 0.557. The van der Waals surface area contributed by atoms with Gasteiger partial charge in [-0.15, -0.1) is 0 Å². The number of halogens is 2. The predicted octanol–water partition coefficient (Wildman–Crippen LogP) is 4.79. The molecule has 5 rings (SSSR count). The van der Waals surface area contributed by atoms with E-state index in [-0.39, 0.29) is 5.82 Å². The molecule has 0 atom stereocenters. The minimum atomic E-state index is -0.221. The highest BCUT2D eigenvalue weighted by Crippen LogP contribution is 2.36. The van der Waals surface area contributed by atoms with Crippen LogP contribution < -0.4 is 5.32 Å². The van der Waals surface area contributed by atoms with Crippen LogP contribution in [0.5, 0.6) is 0 Å². The van der Waals surface area contributed by atoms with E-state index in [9.17, 15) is 4.39 Å². The van der Waals surface area contributed by atoms with Gasteiger partial charge in [0.2, 0.25) is 0 Å². The van der Waals surface area contributed by atoms with Crippen molar-refractivity contribution in [3.05, 3.63) is 65.1 Å². The lowest BCUT2D eigenvalue weighted by molar-refractivity contribution is 0.200. The Labute approximate surface area is 192 Å². The molecule has 0 amide bonds. The fourth-order valence-corrected chi connectivity index (χ4v) is 5.28. The van der Waals surface area contributed by atoms with E-state index < -0.39 is 0 Å². The minimum Gasteiger partial charge on any atom is -0.361 e. The Morgan fingerprint density at radius 2 is 1.81 bits per heavy atom. The van der Waals surface area contributed by atoms with Crippen LogP contribution in [0.4, 0.5) is 4.39 Å². The van der Waals surface area contributed by atoms with Crippen molar-refractivity contribution in [3.8, 4) is 5.69 Å². The van der Waals surface area contributed by atoms with E-state index in [1.54, 1.807) is 0 Å². The van der Waals surface area contributed by atoms with Gasteiger partial charge in [-0.3, -0.25) is 0 Å². The first-order valence-corrected chi connectivity index (χ1v) is 11.7. The third kappa shape index (κ3) is 4.29. The second-order valence-electron chi connectivity index (χ2n) is 8.43. The zero-order valence-corrected chi connectivity index (χ0v) is 18.9. The number of rotatable bonds is 5. The van der Waals surface area contributed by atoms with Crippen molar-refractivity contribution in [1.82, 2.24) is 19.7 Å². The minimum absolute atomic E-state index is 0.221. The summed E-state index contributed by atoms with van der Waals surface area (Å²) in [6.07, 6.45) is 4.47. The average Bonchev–Trinajstić information content (AvgIpc) is 3.36. The third-order valence-corrected chi connectivity index (χ3v) is 7.20. The third-order valence-electron chi connectivity index (χ3n) is 6.56. The summed E-state index contributed by atoms with van der Waals surface area (Å²) >= 11 is 11.7. The number of nitrogens with zero attached hydrogens (tertiary/aromatic N) is 3. The number of piperidine rings is 1. The van der Waals surface area contributed by atoms with Crippen LogP contribution in [0.2, 0.25) is 5.02 Å². The normalized spacial score (nSPS) is 18.1. The molecule has 1 aromatic heterocycles. The van der Waals surface area contributed by atoms with Crippen molar-refractivity contribution >= 4 is 39.8 Å². The van der Waals surface area contributed by atoms with Crippen LogP contribution in [0.25, 0.3) is 16.6 Å². The highest BCUT2D eigenvalue weighted by atomic mass is 35.5. The summed E-state index contributed by atoms with van der Waals surface area (Å²) in [5.41, 5.74) is 3.42. The number of fused-ring (bicyclic) bond motifs is 1. The van der Waals surface area contributed by atoms with Crippen LogP contribution in [0, 0.1) is 5.82 Å². The first kappa shape index (κ1) is 20.7. The van der Waals surface area contributed by atoms with E-state index in [1.807, 2.05) is 18.2 Å². The van der Waals surface area contributed by atoms with Crippen molar-refractivity contribution in [2.75, 3.05) is 39.3 Å². The second-order valence-corrected chi connectivity index (χ2v) is 9.25. The molecule has 0 bridgehead atoms. The molecular formula is C24H26ClFN4S. The van der Waals surface area contributed by atoms with Crippen molar-refractivity contribution in [2.45, 2.75) is 18.8 Å². The maximum absolute atomic E-state index is 13.4. The largest absolute Gasteiger partial charge is 0.361 e. The number of aromatic nitrogens is 1. The molecule has 0 unspecified atom stereocenters. The summed E-state index contributed by atoms with van der Waals surface area (Å²) in [4.78, 5) is 4.81. The number of nitrogens with one attached hydrogen (secondary N) is 1. The van der Waals surface area contributed by atoms with Crippen molar-refractivity contribution in [3.63, 3.8) is 0 Å². The first-order chi connectivity index (χ1) is 15.1. The number of hydrogen-bond donors (Lipinski definition) is 1. The fraction of sp³-hybridized carbons (Fsp3) is 0.375. The van der Waals surface area contributed by atoms with Crippen molar-refractivity contribution < 1.29 is 4.39 Å². The lowest BCUT2D eigenvalue weighted by atomic mass is 9.89. The molecule has 3 aromatic rings. The topological polar surface area (TPSA) is 23.4 Å². The van der Waals surface area contributed by atoms with Crippen LogP contribution in [-0.4, -0.2) is 58.7 Å². The Morgan fingerprint density at radius 3 is 2.52 bits per heavy atom. The van der Waals surface area contributed by atoms with E-state index in [4.69, 9.17) is 23.8 Å². The lowest BCUT2D eigenvalue weighted by Crippen LogP contribution is -2.40. The molecule has 162 valence electrons. The van der Waals surface area contributed by atoms with Gasteiger partial charge in [0.05, 0.1) is 5.52 Å². The van der Waals surface area contributed by atoms with Crippen molar-refractivity contribution in [2.24, 2.45) is 0 Å². The van der Waals surface area contributed by atoms with Gasteiger partial charge in [-0.05, 0) is 92.1 Å². The molecule has 2 aliphatic rings. The summed E-state index contributed by atoms with van der Waals surface area (Å²) in [5.74, 6) is 0.273. The Bertz CT molecular complexity index is 1090. The molecule has 3 heterocycles. The van der Waals surface area contributed by atoms with Crippen LogP contribution in [0.15, 0.2) is 48.7 Å². The van der Waals surface area contributed by atoms with E-state index in [0.717, 1.165) is 73.4 Å². The monoisotopic (exact) mass is 456 g/mol. The molecule has 1 N–H and O–H groups in total. The van der Waals surface area contributed by atoms with E-state index in [1.165, 1.54) is 23.1 Å². The van der Waals surface area contributed by atoms with Crippen LogP contribution in [0.3, 0.4) is 0 Å². The van der Waals surface area contributed by atoms with Gasteiger partial charge in [0, 0.05) is 48.5 Å². The molecule has 0 spiro atoms. The van der Waals surface area contributed by atoms with Crippen LogP contribution in [-0.2, 0) is 0 Å². The Morgan fingerprint density at radius 1 is 1.03 bits per heavy atom. The van der Waals surface area contributed by atoms with Crippen molar-refractivity contribution in [1.29, 1.82) is 0 Å². The summed E-state index contributed by atoms with van der Waals surface area (Å²) in [6.45, 7) is 6.19. The van der Waals surface area contributed by atoms with Gasteiger partial charge in [0.25, 0.3) is 0 Å². The Balaban J connectivity index is 1.34. The Hall–Kier alpha value is -2.15. The van der Waals surface area contributed by atoms with Gasteiger partial charge < -0.3 is 19.7 Å². The predicted molar refractivity (Wildman–Crippen MR) is 129 cm³/mol. The molecular weight excluding hydrogens is 431 g/mol. The number of hydrogen-bond acceptors (Lipinski definition) is 2. The average molecular weight is 457 g/mol. The maximum Gasteiger partial charge on any atom is 0.169 e. The summed E-state index contributed by atoms with van der Waals surface area (Å²) in [6, 6.07) is 12.7. The van der Waals surface area contributed by atoms with E-state index in [0.29, 0.717) is 5.92 Å². The van der Waals surface area contributed by atoms with Gasteiger partial charge in [-0.25, -0.2) is 4.39 Å².